The van der Waals surface area contributed by atoms with E-state index in [1.54, 1.807) is 0 Å². The summed E-state index contributed by atoms with van der Waals surface area (Å²) in [5.74, 6) is -0.341. The topological polar surface area (TPSA) is 61.8 Å². The van der Waals surface area contributed by atoms with Crippen molar-refractivity contribution in [1.29, 1.82) is 0 Å². The highest BCUT2D eigenvalue weighted by Gasteiger charge is 2.49. The molecule has 0 aliphatic heterocycles. The van der Waals surface area contributed by atoms with E-state index in [1.807, 2.05) is 0 Å². The maximum Gasteiger partial charge on any atom is 0.336 e. The van der Waals surface area contributed by atoms with Crippen molar-refractivity contribution in [2.24, 2.45) is 5.41 Å². The van der Waals surface area contributed by atoms with Crippen LogP contribution < -0.4 is 0 Å². The molecule has 1 atom stereocenters. The van der Waals surface area contributed by atoms with E-state index in [0.717, 1.165) is 109 Å². The average molecular weight is 463 g/mol. The first-order chi connectivity index (χ1) is 16.1. The van der Waals surface area contributed by atoms with Crippen LogP contribution in [0.25, 0.3) is 0 Å². The molecule has 0 aromatic rings. The van der Waals surface area contributed by atoms with Crippen molar-refractivity contribution in [3.8, 4) is 0 Å². The molecule has 4 saturated carbocycles. The first kappa shape index (κ1) is 25.0. The second-order valence-corrected chi connectivity index (χ2v) is 11.3. The van der Waals surface area contributed by atoms with Gasteiger partial charge in [-0.05, 0) is 77.0 Å². The van der Waals surface area contributed by atoms with Gasteiger partial charge in [-0.1, -0.05) is 51.4 Å². The largest absolute Gasteiger partial charge is 0.462 e. The molecule has 188 valence electrons. The molecule has 5 nitrogen and oxygen atoms in total. The van der Waals surface area contributed by atoms with Crippen LogP contribution in [0.15, 0.2) is 0 Å². The minimum absolute atomic E-state index is 0.0125. The zero-order valence-electron chi connectivity index (χ0n) is 20.7. The zero-order valence-corrected chi connectivity index (χ0v) is 20.7. The molecule has 0 heterocycles. The van der Waals surface area contributed by atoms with Crippen LogP contribution in [0, 0.1) is 5.41 Å². The Balaban J connectivity index is 1.49. The monoisotopic (exact) mass is 462 g/mol. The third-order valence-electron chi connectivity index (χ3n) is 8.68. The fraction of sp³-hybridized carbons (Fsp3) is 0.929. The predicted molar refractivity (Wildman–Crippen MR) is 128 cm³/mol. The molecule has 0 radical (unpaired) electrons. The minimum Gasteiger partial charge on any atom is -0.462 e. The van der Waals surface area contributed by atoms with E-state index in [-0.39, 0.29) is 30.3 Å². The molecule has 4 aliphatic carbocycles. The Hall–Kier alpha value is -1.10. The van der Waals surface area contributed by atoms with Gasteiger partial charge in [0.25, 0.3) is 0 Å². The molecule has 4 rings (SSSR count). The molecule has 0 bridgehead atoms. The third kappa shape index (κ3) is 7.19. The first-order valence-corrected chi connectivity index (χ1v) is 14.2. The Morgan fingerprint density at radius 3 is 1.61 bits per heavy atom. The molecular weight excluding hydrogens is 416 g/mol. The summed E-state index contributed by atoms with van der Waals surface area (Å²) in [4.78, 5) is 26.8. The SMILES string of the molecule is O=C(CC1(C(OC2CCCCC2)C(=O)OC2CCCCC2)CCCCC1)OC1CCCCC1. The molecule has 5 heteroatoms. The summed E-state index contributed by atoms with van der Waals surface area (Å²) in [6, 6.07) is 0. The van der Waals surface area contributed by atoms with Gasteiger partial charge in [0.05, 0.1) is 12.5 Å². The van der Waals surface area contributed by atoms with Crippen LogP contribution in [0.4, 0.5) is 0 Å². The average Bonchev–Trinajstić information content (AvgIpc) is 2.85. The first-order valence-electron chi connectivity index (χ1n) is 14.2. The highest BCUT2D eigenvalue weighted by atomic mass is 16.6. The molecule has 0 aromatic heterocycles. The van der Waals surface area contributed by atoms with Gasteiger partial charge in [-0.25, -0.2) is 4.79 Å². The number of carbonyl (C=O) groups excluding carboxylic acids is 2. The second-order valence-electron chi connectivity index (χ2n) is 11.3. The molecule has 0 aromatic carbocycles. The van der Waals surface area contributed by atoms with Crippen LogP contribution in [0.3, 0.4) is 0 Å². The lowest BCUT2D eigenvalue weighted by Gasteiger charge is -2.43. The lowest BCUT2D eigenvalue weighted by molar-refractivity contribution is -0.189. The second kappa shape index (κ2) is 12.6. The van der Waals surface area contributed by atoms with E-state index in [4.69, 9.17) is 14.2 Å². The summed E-state index contributed by atoms with van der Waals surface area (Å²) in [5, 5.41) is 0. The van der Waals surface area contributed by atoms with Crippen LogP contribution in [-0.4, -0.2) is 36.4 Å². The lowest BCUT2D eigenvalue weighted by Crippen LogP contribution is -2.49. The van der Waals surface area contributed by atoms with Crippen molar-refractivity contribution in [2.75, 3.05) is 0 Å². The Morgan fingerprint density at radius 2 is 1.06 bits per heavy atom. The Morgan fingerprint density at radius 1 is 0.606 bits per heavy atom. The molecule has 1 unspecified atom stereocenters. The van der Waals surface area contributed by atoms with Crippen molar-refractivity contribution in [2.45, 2.75) is 159 Å². The van der Waals surface area contributed by atoms with Gasteiger partial charge in [0.2, 0.25) is 0 Å². The van der Waals surface area contributed by atoms with Crippen LogP contribution in [0.2, 0.25) is 0 Å². The normalized spacial score (nSPS) is 26.4. The fourth-order valence-corrected chi connectivity index (χ4v) is 6.74. The van der Waals surface area contributed by atoms with Gasteiger partial charge in [-0.3, -0.25) is 4.79 Å². The summed E-state index contributed by atoms with van der Waals surface area (Å²) in [6.07, 6.45) is 21.2. The standard InChI is InChI=1S/C28H46O5/c29-25(31-22-13-5-1-6-14-22)21-28(19-11-4-12-20-28)26(32-23-15-7-2-8-16-23)27(30)33-24-17-9-3-10-18-24/h22-24,26H,1-21H2. The maximum absolute atomic E-state index is 13.7. The number of rotatable bonds is 8. The van der Waals surface area contributed by atoms with Gasteiger partial charge in [0, 0.05) is 5.41 Å². The number of carbonyl (C=O) groups is 2. The van der Waals surface area contributed by atoms with E-state index < -0.39 is 11.5 Å². The van der Waals surface area contributed by atoms with Crippen molar-refractivity contribution >= 4 is 11.9 Å². The smallest absolute Gasteiger partial charge is 0.336 e. The van der Waals surface area contributed by atoms with Crippen LogP contribution >= 0.6 is 0 Å². The zero-order chi connectivity index (χ0) is 22.9. The van der Waals surface area contributed by atoms with Crippen molar-refractivity contribution < 1.29 is 23.8 Å². The van der Waals surface area contributed by atoms with Crippen molar-refractivity contribution in [1.82, 2.24) is 0 Å². The molecule has 0 saturated heterocycles. The molecule has 4 fully saturated rings. The van der Waals surface area contributed by atoms with Gasteiger partial charge in [-0.2, -0.15) is 0 Å². The third-order valence-corrected chi connectivity index (χ3v) is 8.68. The quantitative estimate of drug-likeness (QED) is 0.371. The summed E-state index contributed by atoms with van der Waals surface area (Å²) < 4.78 is 18.7. The van der Waals surface area contributed by atoms with Gasteiger partial charge >= 0.3 is 11.9 Å². The highest BCUT2D eigenvalue weighted by Crippen LogP contribution is 2.46. The predicted octanol–water partition coefficient (Wildman–Crippen LogP) is 6.80. The number of ether oxygens (including phenoxy) is 3. The number of esters is 2. The fourth-order valence-electron chi connectivity index (χ4n) is 6.74. The molecule has 33 heavy (non-hydrogen) atoms. The van der Waals surface area contributed by atoms with E-state index >= 15 is 0 Å². The van der Waals surface area contributed by atoms with Gasteiger partial charge in [-0.15, -0.1) is 0 Å². The highest BCUT2D eigenvalue weighted by molar-refractivity contribution is 5.78. The van der Waals surface area contributed by atoms with Crippen molar-refractivity contribution in [3.05, 3.63) is 0 Å². The van der Waals surface area contributed by atoms with Gasteiger partial charge < -0.3 is 14.2 Å². The Kier molecular flexibility index (Phi) is 9.52. The Bertz CT molecular complexity index is 608. The van der Waals surface area contributed by atoms with Gasteiger partial charge in [0.1, 0.15) is 12.2 Å². The lowest BCUT2D eigenvalue weighted by atomic mass is 9.67. The van der Waals surface area contributed by atoms with E-state index in [1.165, 1.54) is 19.3 Å². The summed E-state index contributed by atoms with van der Waals surface area (Å²) in [5.41, 5.74) is -0.479. The van der Waals surface area contributed by atoms with Gasteiger partial charge in [0.15, 0.2) is 6.10 Å². The van der Waals surface area contributed by atoms with Crippen LogP contribution in [0.1, 0.15) is 135 Å². The molecular formula is C28H46O5. The minimum atomic E-state index is -0.637. The Labute approximate surface area is 200 Å². The molecule has 0 amide bonds. The van der Waals surface area contributed by atoms with E-state index in [2.05, 4.69) is 0 Å². The van der Waals surface area contributed by atoms with E-state index in [0.29, 0.717) is 6.42 Å². The summed E-state index contributed by atoms with van der Waals surface area (Å²) in [7, 11) is 0. The van der Waals surface area contributed by atoms with Crippen molar-refractivity contribution in [3.63, 3.8) is 0 Å². The van der Waals surface area contributed by atoms with Crippen LogP contribution in [-0.2, 0) is 23.8 Å². The maximum atomic E-state index is 13.7. The summed E-state index contributed by atoms with van der Waals surface area (Å²) >= 11 is 0. The van der Waals surface area contributed by atoms with Crippen LogP contribution in [0.5, 0.6) is 0 Å². The molecule has 0 N–H and O–H groups in total. The molecule has 4 aliphatic rings. The molecule has 0 spiro atoms. The van der Waals surface area contributed by atoms with E-state index in [9.17, 15) is 9.59 Å². The number of hydrogen-bond donors (Lipinski definition) is 0. The number of hydrogen-bond acceptors (Lipinski definition) is 5. The summed E-state index contributed by atoms with van der Waals surface area (Å²) in [6.45, 7) is 0.